The molecule has 7 nitrogen and oxygen atoms in total. The molecule has 0 atom stereocenters. The summed E-state index contributed by atoms with van der Waals surface area (Å²) in [7, 11) is 0. The van der Waals surface area contributed by atoms with Gasteiger partial charge < -0.3 is 26.2 Å². The first-order valence-corrected chi connectivity index (χ1v) is 6.55. The molecule has 0 aromatic rings. The SMILES string of the molecule is C/C=C/NCCNCCNCCN=C([O-])/C=C/C(=O)O.[Na+]. The number of nitrogens with zero attached hydrogens (tertiary/aromatic N) is 1. The van der Waals surface area contributed by atoms with Crippen LogP contribution in [0.2, 0.25) is 0 Å². The summed E-state index contributed by atoms with van der Waals surface area (Å²) in [5.41, 5.74) is 0. The molecule has 4 N–H and O–H groups in total. The first-order chi connectivity index (χ1) is 9.66. The number of aliphatic imine (C=N–C) groups is 1. The Kier molecular flexibility index (Phi) is 18.4. The third-order valence-corrected chi connectivity index (χ3v) is 2.13. The number of carboxylic acids is 1. The zero-order chi connectivity index (χ0) is 15.1. The molecule has 0 radical (unpaired) electrons. The Morgan fingerprint density at radius 1 is 1.14 bits per heavy atom. The summed E-state index contributed by atoms with van der Waals surface area (Å²) in [5, 5.41) is 28.8. The van der Waals surface area contributed by atoms with Gasteiger partial charge in [-0.1, -0.05) is 6.08 Å². The molecular formula is C13H23N4NaO3. The molecular weight excluding hydrogens is 283 g/mol. The van der Waals surface area contributed by atoms with Crippen molar-refractivity contribution in [3.8, 4) is 0 Å². The molecule has 8 heteroatoms. The topological polar surface area (TPSA) is 109 Å². The second-order valence-electron chi connectivity index (χ2n) is 3.85. The molecule has 0 aliphatic rings. The maximum atomic E-state index is 11.0. The average Bonchev–Trinajstić information content (AvgIpc) is 2.42. The fraction of sp³-hybridized carbons (Fsp3) is 0.538. The predicted molar refractivity (Wildman–Crippen MR) is 77.6 cm³/mol. The molecule has 0 rings (SSSR count). The van der Waals surface area contributed by atoms with E-state index < -0.39 is 11.9 Å². The van der Waals surface area contributed by atoms with Crippen molar-refractivity contribution in [3.05, 3.63) is 24.4 Å². The molecule has 0 saturated carbocycles. The number of carboxylic acid groups (broad SMARTS) is 1. The first-order valence-electron chi connectivity index (χ1n) is 6.55. The smallest absolute Gasteiger partial charge is 0.859 e. The summed E-state index contributed by atoms with van der Waals surface area (Å²) in [4.78, 5) is 13.8. The Balaban J connectivity index is 0. The second-order valence-corrected chi connectivity index (χ2v) is 3.85. The van der Waals surface area contributed by atoms with Crippen molar-refractivity contribution in [1.82, 2.24) is 16.0 Å². The van der Waals surface area contributed by atoms with Crippen molar-refractivity contribution < 1.29 is 44.6 Å². The van der Waals surface area contributed by atoms with Gasteiger partial charge in [-0.25, -0.2) is 4.79 Å². The Morgan fingerprint density at radius 3 is 2.38 bits per heavy atom. The van der Waals surface area contributed by atoms with Crippen LogP contribution in [-0.4, -0.2) is 56.2 Å². The van der Waals surface area contributed by atoms with Crippen molar-refractivity contribution in [1.29, 1.82) is 0 Å². The van der Waals surface area contributed by atoms with E-state index in [2.05, 4.69) is 20.9 Å². The number of hydrogen-bond acceptors (Lipinski definition) is 6. The van der Waals surface area contributed by atoms with Crippen LogP contribution in [0.15, 0.2) is 29.4 Å². The molecule has 0 aliphatic carbocycles. The van der Waals surface area contributed by atoms with E-state index in [-0.39, 0.29) is 29.6 Å². The first kappa shape index (κ1) is 22.4. The average molecular weight is 306 g/mol. The monoisotopic (exact) mass is 306 g/mol. The third kappa shape index (κ3) is 19.1. The normalized spacial score (nSPS) is 11.8. The van der Waals surface area contributed by atoms with Crippen molar-refractivity contribution >= 4 is 11.9 Å². The summed E-state index contributed by atoms with van der Waals surface area (Å²) < 4.78 is 0. The Labute approximate surface area is 147 Å². The van der Waals surface area contributed by atoms with Crippen molar-refractivity contribution in [2.45, 2.75) is 6.92 Å². The fourth-order valence-electron chi connectivity index (χ4n) is 1.23. The second kappa shape index (κ2) is 17.2. The number of carbonyl (C=O) groups is 1. The minimum Gasteiger partial charge on any atom is -0.859 e. The van der Waals surface area contributed by atoms with Gasteiger partial charge in [0.15, 0.2) is 0 Å². The Morgan fingerprint density at radius 2 is 1.76 bits per heavy atom. The van der Waals surface area contributed by atoms with E-state index in [9.17, 15) is 9.90 Å². The van der Waals surface area contributed by atoms with Crippen LogP contribution in [0, 0.1) is 0 Å². The maximum Gasteiger partial charge on any atom is 1.00 e. The predicted octanol–water partition coefficient (Wildman–Crippen LogP) is -4.31. The summed E-state index contributed by atoms with van der Waals surface area (Å²) >= 11 is 0. The Hall–Kier alpha value is -0.860. The zero-order valence-corrected chi connectivity index (χ0v) is 14.8. The van der Waals surface area contributed by atoms with E-state index in [1.165, 1.54) is 0 Å². The quantitative estimate of drug-likeness (QED) is 0.0955. The van der Waals surface area contributed by atoms with Gasteiger partial charge in [-0.15, -0.1) is 0 Å². The molecule has 0 bridgehead atoms. The van der Waals surface area contributed by atoms with Gasteiger partial charge in [0.25, 0.3) is 0 Å². The van der Waals surface area contributed by atoms with Crippen LogP contribution in [0.5, 0.6) is 0 Å². The van der Waals surface area contributed by atoms with Crippen LogP contribution in [0.3, 0.4) is 0 Å². The van der Waals surface area contributed by atoms with E-state index in [0.29, 0.717) is 13.1 Å². The maximum absolute atomic E-state index is 11.0. The molecule has 0 amide bonds. The molecule has 0 fully saturated rings. The third-order valence-electron chi connectivity index (χ3n) is 2.13. The van der Waals surface area contributed by atoms with Crippen molar-refractivity contribution in [2.24, 2.45) is 4.99 Å². The number of allylic oxidation sites excluding steroid dienone is 1. The largest absolute Gasteiger partial charge is 1.00 e. The minimum absolute atomic E-state index is 0. The van der Waals surface area contributed by atoms with Crippen LogP contribution in [0.25, 0.3) is 0 Å². The van der Waals surface area contributed by atoms with Crippen LogP contribution in [-0.2, 0) is 4.79 Å². The van der Waals surface area contributed by atoms with Crippen LogP contribution in [0.4, 0.5) is 0 Å². The number of nitrogens with one attached hydrogen (secondary N) is 3. The van der Waals surface area contributed by atoms with E-state index >= 15 is 0 Å². The van der Waals surface area contributed by atoms with Gasteiger partial charge in [-0.2, -0.15) is 0 Å². The number of aliphatic carboxylic acids is 1. The van der Waals surface area contributed by atoms with Gasteiger partial charge in [0.05, 0.1) is 6.54 Å². The van der Waals surface area contributed by atoms with E-state index in [0.717, 1.165) is 38.3 Å². The summed E-state index contributed by atoms with van der Waals surface area (Å²) in [6.45, 7) is 6.27. The van der Waals surface area contributed by atoms with Crippen molar-refractivity contribution in [3.63, 3.8) is 0 Å². The molecule has 0 aromatic heterocycles. The van der Waals surface area contributed by atoms with Crippen LogP contribution in [0.1, 0.15) is 6.92 Å². The number of hydrogen-bond donors (Lipinski definition) is 4. The van der Waals surface area contributed by atoms with Crippen LogP contribution < -0.4 is 50.6 Å². The van der Waals surface area contributed by atoms with Gasteiger partial charge in [0.2, 0.25) is 0 Å². The molecule has 0 spiro atoms. The van der Waals surface area contributed by atoms with E-state index in [4.69, 9.17) is 5.11 Å². The van der Waals surface area contributed by atoms with Crippen LogP contribution >= 0.6 is 0 Å². The molecule has 0 heterocycles. The van der Waals surface area contributed by atoms with E-state index in [1.54, 1.807) is 0 Å². The molecule has 21 heavy (non-hydrogen) atoms. The summed E-state index contributed by atoms with van der Waals surface area (Å²) in [6.07, 6.45) is 5.57. The molecule has 114 valence electrons. The van der Waals surface area contributed by atoms with Gasteiger partial charge in [-0.3, -0.25) is 4.99 Å². The zero-order valence-electron chi connectivity index (χ0n) is 12.8. The standard InChI is InChI=1S/C13H24N4O3.Na/c1-2-5-14-6-7-15-8-9-16-10-11-17-12(18)3-4-13(19)20;/h2-5,14-16H,6-11H2,1H3,(H,17,18)(H,19,20);/q;+1/p-1/b4-3+,5-2+;. The number of rotatable bonds is 12. The minimum atomic E-state index is -1.15. The van der Waals surface area contributed by atoms with E-state index in [1.807, 2.05) is 19.2 Å². The molecule has 0 aliphatic heterocycles. The summed E-state index contributed by atoms with van der Waals surface area (Å²) in [5.74, 6) is -1.68. The Bertz CT molecular complexity index is 346. The van der Waals surface area contributed by atoms with Gasteiger partial charge in [0.1, 0.15) is 0 Å². The molecule has 0 aromatic carbocycles. The molecule has 0 saturated heterocycles. The fourth-order valence-corrected chi connectivity index (χ4v) is 1.23. The van der Waals surface area contributed by atoms with Gasteiger partial charge >= 0.3 is 35.5 Å². The molecule has 0 unspecified atom stereocenters. The van der Waals surface area contributed by atoms with Gasteiger partial charge in [-0.05, 0) is 25.1 Å². The van der Waals surface area contributed by atoms with Gasteiger partial charge in [0, 0.05) is 38.8 Å². The van der Waals surface area contributed by atoms with Crippen molar-refractivity contribution in [2.75, 3.05) is 39.3 Å². The summed E-state index contributed by atoms with van der Waals surface area (Å²) in [6, 6.07) is 0.